The SMILES string of the molecule is Cc1ccc(-c2cc(=O)n3cc(N4CCN[C@@H](C)C4)ccc3n2)cc1F. The van der Waals surface area contributed by atoms with Gasteiger partial charge in [0.05, 0.1) is 11.4 Å². The van der Waals surface area contributed by atoms with Crippen molar-refractivity contribution in [3.05, 3.63) is 64.3 Å². The average molecular weight is 352 g/mol. The molecule has 1 saturated heterocycles. The number of rotatable bonds is 2. The van der Waals surface area contributed by atoms with Gasteiger partial charge in [-0.25, -0.2) is 9.37 Å². The van der Waals surface area contributed by atoms with Crippen molar-refractivity contribution in [1.29, 1.82) is 0 Å². The van der Waals surface area contributed by atoms with E-state index in [2.05, 4.69) is 22.1 Å². The Labute approximate surface area is 151 Å². The molecule has 0 saturated carbocycles. The van der Waals surface area contributed by atoms with Crippen molar-refractivity contribution in [3.8, 4) is 11.3 Å². The highest BCUT2D eigenvalue weighted by Gasteiger charge is 2.17. The van der Waals surface area contributed by atoms with Crippen molar-refractivity contribution in [1.82, 2.24) is 14.7 Å². The van der Waals surface area contributed by atoms with Crippen LogP contribution in [-0.4, -0.2) is 35.1 Å². The molecule has 1 aliphatic heterocycles. The van der Waals surface area contributed by atoms with E-state index in [0.29, 0.717) is 28.5 Å². The van der Waals surface area contributed by atoms with Gasteiger partial charge in [-0.3, -0.25) is 9.20 Å². The molecule has 0 aliphatic carbocycles. The molecule has 0 bridgehead atoms. The molecule has 5 nitrogen and oxygen atoms in total. The van der Waals surface area contributed by atoms with E-state index in [0.717, 1.165) is 25.3 Å². The predicted octanol–water partition coefficient (Wildman–Crippen LogP) is 2.61. The fourth-order valence-electron chi connectivity index (χ4n) is 3.35. The Kier molecular flexibility index (Phi) is 4.20. The lowest BCUT2D eigenvalue weighted by molar-refractivity contribution is 0.484. The third-order valence-electron chi connectivity index (χ3n) is 4.85. The van der Waals surface area contributed by atoms with Crippen LogP contribution in [-0.2, 0) is 0 Å². The van der Waals surface area contributed by atoms with E-state index in [1.807, 2.05) is 18.3 Å². The summed E-state index contributed by atoms with van der Waals surface area (Å²) in [6.07, 6.45) is 1.84. The van der Waals surface area contributed by atoms with E-state index in [1.54, 1.807) is 23.5 Å². The number of hydrogen-bond donors (Lipinski definition) is 1. The minimum Gasteiger partial charge on any atom is -0.368 e. The van der Waals surface area contributed by atoms with Crippen LogP contribution in [0.4, 0.5) is 10.1 Å². The van der Waals surface area contributed by atoms with Crippen LogP contribution in [0.1, 0.15) is 12.5 Å². The second-order valence-corrected chi connectivity index (χ2v) is 6.86. The summed E-state index contributed by atoms with van der Waals surface area (Å²) in [5, 5.41) is 3.41. The topological polar surface area (TPSA) is 49.6 Å². The van der Waals surface area contributed by atoms with Crippen LogP contribution in [0.25, 0.3) is 16.9 Å². The summed E-state index contributed by atoms with van der Waals surface area (Å²) in [6, 6.07) is 10.6. The summed E-state index contributed by atoms with van der Waals surface area (Å²) in [7, 11) is 0. The maximum atomic E-state index is 13.8. The molecule has 1 N–H and O–H groups in total. The quantitative estimate of drug-likeness (QED) is 0.770. The molecular weight excluding hydrogens is 331 g/mol. The van der Waals surface area contributed by atoms with Gasteiger partial charge in [0.1, 0.15) is 11.5 Å². The van der Waals surface area contributed by atoms with Gasteiger partial charge >= 0.3 is 0 Å². The van der Waals surface area contributed by atoms with E-state index in [9.17, 15) is 9.18 Å². The number of benzene rings is 1. The molecule has 1 aliphatic rings. The minimum atomic E-state index is -0.298. The van der Waals surface area contributed by atoms with Crippen LogP contribution in [0.15, 0.2) is 47.4 Å². The molecule has 3 aromatic rings. The number of piperazine rings is 1. The number of aryl methyl sites for hydroxylation is 1. The van der Waals surface area contributed by atoms with Crippen molar-refractivity contribution in [2.75, 3.05) is 24.5 Å². The minimum absolute atomic E-state index is 0.170. The molecule has 2 aromatic heterocycles. The number of nitrogens with one attached hydrogen (secondary N) is 1. The molecule has 6 heteroatoms. The first-order valence-corrected chi connectivity index (χ1v) is 8.79. The van der Waals surface area contributed by atoms with Gasteiger partial charge < -0.3 is 10.2 Å². The Morgan fingerprint density at radius 3 is 2.85 bits per heavy atom. The van der Waals surface area contributed by atoms with Gasteiger partial charge in [-0.05, 0) is 37.6 Å². The van der Waals surface area contributed by atoms with Crippen molar-refractivity contribution < 1.29 is 4.39 Å². The van der Waals surface area contributed by atoms with Crippen molar-refractivity contribution in [2.45, 2.75) is 19.9 Å². The van der Waals surface area contributed by atoms with Crippen molar-refractivity contribution in [3.63, 3.8) is 0 Å². The highest BCUT2D eigenvalue weighted by molar-refractivity contribution is 5.63. The zero-order valence-electron chi connectivity index (χ0n) is 14.9. The summed E-state index contributed by atoms with van der Waals surface area (Å²) in [5.41, 5.74) is 3.05. The lowest BCUT2D eigenvalue weighted by Crippen LogP contribution is -2.49. The summed E-state index contributed by atoms with van der Waals surface area (Å²) in [5.74, 6) is -0.298. The van der Waals surface area contributed by atoms with Gasteiger partial charge in [0.15, 0.2) is 0 Å². The first-order valence-electron chi connectivity index (χ1n) is 8.79. The molecule has 134 valence electrons. The summed E-state index contributed by atoms with van der Waals surface area (Å²) >= 11 is 0. The summed E-state index contributed by atoms with van der Waals surface area (Å²) in [4.78, 5) is 19.4. The van der Waals surface area contributed by atoms with Crippen LogP contribution < -0.4 is 15.8 Å². The highest BCUT2D eigenvalue weighted by atomic mass is 19.1. The fourth-order valence-corrected chi connectivity index (χ4v) is 3.35. The third-order valence-corrected chi connectivity index (χ3v) is 4.85. The number of anilines is 1. The lowest BCUT2D eigenvalue weighted by atomic mass is 10.1. The third kappa shape index (κ3) is 3.08. The van der Waals surface area contributed by atoms with Crippen LogP contribution in [0.2, 0.25) is 0 Å². The summed E-state index contributed by atoms with van der Waals surface area (Å²) < 4.78 is 15.4. The smallest absolute Gasteiger partial charge is 0.258 e. The van der Waals surface area contributed by atoms with Crippen molar-refractivity contribution >= 4 is 11.3 Å². The maximum Gasteiger partial charge on any atom is 0.258 e. The normalized spacial score (nSPS) is 17.7. The fraction of sp³-hybridized carbons (Fsp3) is 0.300. The molecular formula is C20H21FN4O. The van der Waals surface area contributed by atoms with Gasteiger partial charge in [-0.2, -0.15) is 0 Å². The molecule has 4 rings (SSSR count). The molecule has 0 spiro atoms. The second kappa shape index (κ2) is 6.53. The Morgan fingerprint density at radius 1 is 1.23 bits per heavy atom. The molecule has 1 fully saturated rings. The Hall–Kier alpha value is -2.73. The molecule has 3 heterocycles. The van der Waals surface area contributed by atoms with Crippen LogP contribution in [0.3, 0.4) is 0 Å². The van der Waals surface area contributed by atoms with Crippen LogP contribution >= 0.6 is 0 Å². The van der Waals surface area contributed by atoms with Crippen molar-refractivity contribution in [2.24, 2.45) is 0 Å². The molecule has 0 radical (unpaired) electrons. The zero-order valence-corrected chi connectivity index (χ0v) is 14.9. The van der Waals surface area contributed by atoms with Gasteiger partial charge in [-0.1, -0.05) is 12.1 Å². The van der Waals surface area contributed by atoms with E-state index < -0.39 is 0 Å². The number of hydrogen-bond acceptors (Lipinski definition) is 4. The Bertz CT molecular complexity index is 1030. The van der Waals surface area contributed by atoms with Gasteiger partial charge in [-0.15, -0.1) is 0 Å². The number of fused-ring (bicyclic) bond motifs is 1. The number of aromatic nitrogens is 2. The Morgan fingerprint density at radius 2 is 2.08 bits per heavy atom. The van der Waals surface area contributed by atoms with Gasteiger partial charge in [0.25, 0.3) is 5.56 Å². The standard InChI is InChI=1S/C20H21FN4O/c1-13-3-4-15(9-17(13)21)18-10-20(26)25-12-16(5-6-19(25)23-18)24-8-7-22-14(2)11-24/h3-6,9-10,12,14,22H,7-8,11H2,1-2H3/t14-/m0/s1. The number of halogens is 1. The van der Waals surface area contributed by atoms with E-state index in [4.69, 9.17) is 0 Å². The van der Waals surface area contributed by atoms with Gasteiger partial charge in [0.2, 0.25) is 0 Å². The maximum absolute atomic E-state index is 13.8. The molecule has 1 aromatic carbocycles. The highest BCUT2D eigenvalue weighted by Crippen LogP contribution is 2.21. The van der Waals surface area contributed by atoms with Gasteiger partial charge in [0, 0.05) is 43.5 Å². The zero-order chi connectivity index (χ0) is 18.3. The number of nitrogens with zero attached hydrogens (tertiary/aromatic N) is 3. The van der Waals surface area contributed by atoms with Crippen LogP contribution in [0.5, 0.6) is 0 Å². The average Bonchev–Trinajstić information content (AvgIpc) is 2.63. The predicted molar refractivity (Wildman–Crippen MR) is 101 cm³/mol. The number of pyridine rings is 1. The lowest BCUT2D eigenvalue weighted by Gasteiger charge is -2.33. The van der Waals surface area contributed by atoms with E-state index in [1.165, 1.54) is 12.1 Å². The second-order valence-electron chi connectivity index (χ2n) is 6.86. The summed E-state index contributed by atoms with van der Waals surface area (Å²) in [6.45, 7) is 6.58. The van der Waals surface area contributed by atoms with Crippen LogP contribution in [0, 0.1) is 12.7 Å². The first-order chi connectivity index (χ1) is 12.5. The molecule has 26 heavy (non-hydrogen) atoms. The molecule has 1 atom stereocenters. The van der Waals surface area contributed by atoms with E-state index >= 15 is 0 Å². The Balaban J connectivity index is 1.75. The molecule has 0 unspecified atom stereocenters. The first kappa shape index (κ1) is 16.7. The monoisotopic (exact) mass is 352 g/mol. The largest absolute Gasteiger partial charge is 0.368 e. The van der Waals surface area contributed by atoms with E-state index in [-0.39, 0.29) is 11.4 Å². The molecule has 0 amide bonds.